The zero-order valence-electron chi connectivity index (χ0n) is 23.7. The van der Waals surface area contributed by atoms with Crippen LogP contribution in [0.15, 0.2) is 78.9 Å². The van der Waals surface area contributed by atoms with E-state index >= 15 is 0 Å². The molecular formula is C33H38ClN3O3. The second-order valence-electron chi connectivity index (χ2n) is 11.3. The highest BCUT2D eigenvalue weighted by Crippen LogP contribution is 2.24. The molecule has 4 rings (SSSR count). The molecule has 1 N–H and O–H groups in total. The largest absolute Gasteiger partial charge is 0.444 e. The maximum absolute atomic E-state index is 12.4. The zero-order chi connectivity index (χ0) is 28.7. The number of nitrogens with zero attached hydrogens (tertiary/aromatic N) is 2. The summed E-state index contributed by atoms with van der Waals surface area (Å²) in [5.74, 6) is -0.180. The Morgan fingerprint density at radius 3 is 2.10 bits per heavy atom. The number of hydrogen-bond donors (Lipinski definition) is 1. The highest BCUT2D eigenvalue weighted by Gasteiger charge is 2.28. The van der Waals surface area contributed by atoms with Crippen LogP contribution in [0.4, 0.5) is 10.5 Å². The molecule has 2 amide bonds. The van der Waals surface area contributed by atoms with E-state index in [1.165, 1.54) is 5.56 Å². The molecule has 1 saturated heterocycles. The molecule has 210 valence electrons. The van der Waals surface area contributed by atoms with E-state index in [9.17, 15) is 9.59 Å². The number of benzene rings is 3. The molecule has 1 heterocycles. The summed E-state index contributed by atoms with van der Waals surface area (Å²) in [6.07, 6.45) is 4.99. The van der Waals surface area contributed by atoms with E-state index in [0.717, 1.165) is 41.8 Å². The minimum absolute atomic E-state index is 0.180. The fourth-order valence-electron chi connectivity index (χ4n) is 4.71. The average molecular weight is 560 g/mol. The summed E-state index contributed by atoms with van der Waals surface area (Å²) in [5, 5.41) is 3.61. The van der Waals surface area contributed by atoms with Crippen LogP contribution in [0.25, 0.3) is 17.2 Å². The molecule has 0 unspecified atom stereocenters. The number of nitrogens with one attached hydrogen (secondary N) is 1. The number of likely N-dealkylation sites (tertiary alicyclic amines) is 1. The summed E-state index contributed by atoms with van der Waals surface area (Å²) in [5.41, 5.74) is 4.57. The standard InChI is InChI=1S/C33H38ClN3O3/c1-33(2,3)40-32(39)37-21-19-30(20-22-37)36(4)23-25-7-5-24(6-8-25)9-18-31(38)35-29-16-12-27(13-17-29)26-10-14-28(34)15-11-26/h5-18,30H,19-23H2,1-4H3,(H,35,38). The van der Waals surface area contributed by atoms with Crippen molar-refractivity contribution < 1.29 is 14.3 Å². The zero-order valence-corrected chi connectivity index (χ0v) is 24.4. The Morgan fingerprint density at radius 1 is 0.950 bits per heavy atom. The van der Waals surface area contributed by atoms with Gasteiger partial charge in [-0.25, -0.2) is 4.79 Å². The molecule has 0 aliphatic carbocycles. The Balaban J connectivity index is 1.23. The quantitative estimate of drug-likeness (QED) is 0.305. The van der Waals surface area contributed by atoms with Gasteiger partial charge in [-0.3, -0.25) is 9.69 Å². The van der Waals surface area contributed by atoms with Crippen LogP contribution in [0.2, 0.25) is 5.02 Å². The number of anilines is 1. The second kappa shape index (κ2) is 13.2. The summed E-state index contributed by atoms with van der Waals surface area (Å²) in [4.78, 5) is 28.9. The molecule has 1 aliphatic rings. The summed E-state index contributed by atoms with van der Waals surface area (Å²) >= 11 is 5.97. The van der Waals surface area contributed by atoms with Crippen LogP contribution in [0.3, 0.4) is 0 Å². The third-order valence-electron chi connectivity index (χ3n) is 6.91. The second-order valence-corrected chi connectivity index (χ2v) is 11.7. The van der Waals surface area contributed by atoms with Crippen molar-refractivity contribution in [2.75, 3.05) is 25.5 Å². The normalized spacial score (nSPS) is 14.5. The number of hydrogen-bond acceptors (Lipinski definition) is 4. The summed E-state index contributed by atoms with van der Waals surface area (Å²) < 4.78 is 5.51. The van der Waals surface area contributed by atoms with Crippen molar-refractivity contribution >= 4 is 35.4 Å². The summed E-state index contributed by atoms with van der Waals surface area (Å²) in [6, 6.07) is 24.1. The Bertz CT molecular complexity index is 1310. The highest BCUT2D eigenvalue weighted by molar-refractivity contribution is 6.30. The van der Waals surface area contributed by atoms with Crippen LogP contribution < -0.4 is 5.32 Å². The minimum atomic E-state index is -0.471. The van der Waals surface area contributed by atoms with Gasteiger partial charge in [-0.1, -0.05) is 60.1 Å². The molecule has 0 radical (unpaired) electrons. The topological polar surface area (TPSA) is 61.9 Å². The van der Waals surface area contributed by atoms with Crippen molar-refractivity contribution in [3.63, 3.8) is 0 Å². The fourth-order valence-corrected chi connectivity index (χ4v) is 4.84. The van der Waals surface area contributed by atoms with Gasteiger partial charge in [-0.2, -0.15) is 0 Å². The number of piperidine rings is 1. The summed E-state index contributed by atoms with van der Waals surface area (Å²) in [6.45, 7) is 7.93. The monoisotopic (exact) mass is 559 g/mol. The van der Waals surface area contributed by atoms with Crippen molar-refractivity contribution in [1.29, 1.82) is 0 Å². The van der Waals surface area contributed by atoms with Crippen LogP contribution in [-0.2, 0) is 16.1 Å². The molecule has 0 bridgehead atoms. The SMILES string of the molecule is CN(Cc1ccc(C=CC(=O)Nc2ccc(-c3ccc(Cl)cc3)cc2)cc1)C1CCN(C(=O)OC(C)(C)C)CC1. The first-order valence-electron chi connectivity index (χ1n) is 13.7. The number of rotatable bonds is 7. The van der Waals surface area contributed by atoms with E-state index < -0.39 is 5.60 Å². The van der Waals surface area contributed by atoms with E-state index in [4.69, 9.17) is 16.3 Å². The third kappa shape index (κ3) is 8.70. The molecule has 6 nitrogen and oxygen atoms in total. The van der Waals surface area contributed by atoms with E-state index in [2.05, 4.69) is 29.4 Å². The maximum Gasteiger partial charge on any atom is 0.410 e. The molecule has 3 aromatic carbocycles. The van der Waals surface area contributed by atoms with Crippen molar-refractivity contribution in [1.82, 2.24) is 9.80 Å². The van der Waals surface area contributed by atoms with Crippen LogP contribution >= 0.6 is 11.6 Å². The Kier molecular flexibility index (Phi) is 9.67. The highest BCUT2D eigenvalue weighted by atomic mass is 35.5. The van der Waals surface area contributed by atoms with Crippen molar-refractivity contribution in [2.45, 2.75) is 51.8 Å². The van der Waals surface area contributed by atoms with E-state index in [-0.39, 0.29) is 12.0 Å². The molecule has 0 saturated carbocycles. The average Bonchev–Trinajstić information content (AvgIpc) is 2.93. The van der Waals surface area contributed by atoms with Crippen LogP contribution in [-0.4, -0.2) is 53.6 Å². The smallest absolute Gasteiger partial charge is 0.410 e. The Labute approximate surface area is 242 Å². The van der Waals surface area contributed by atoms with Gasteiger partial charge in [-0.05, 0) is 93.3 Å². The fraction of sp³-hybridized carbons (Fsp3) is 0.333. The minimum Gasteiger partial charge on any atom is -0.444 e. The van der Waals surface area contributed by atoms with Gasteiger partial charge in [0.05, 0.1) is 0 Å². The molecular weight excluding hydrogens is 522 g/mol. The Hall–Kier alpha value is -3.61. The van der Waals surface area contributed by atoms with Gasteiger partial charge in [0.15, 0.2) is 0 Å². The van der Waals surface area contributed by atoms with Gasteiger partial charge in [-0.15, -0.1) is 0 Å². The lowest BCUT2D eigenvalue weighted by Crippen LogP contribution is -2.46. The van der Waals surface area contributed by atoms with Gasteiger partial charge >= 0.3 is 6.09 Å². The molecule has 0 spiro atoms. The van der Waals surface area contributed by atoms with E-state index in [1.54, 1.807) is 6.08 Å². The first-order valence-corrected chi connectivity index (χ1v) is 14.1. The molecule has 0 aromatic heterocycles. The predicted octanol–water partition coefficient (Wildman–Crippen LogP) is 7.49. The lowest BCUT2D eigenvalue weighted by molar-refractivity contribution is -0.111. The van der Waals surface area contributed by atoms with Crippen LogP contribution in [0.1, 0.15) is 44.7 Å². The number of halogens is 1. The number of amides is 2. The van der Waals surface area contributed by atoms with E-state index in [1.807, 2.05) is 92.4 Å². The molecule has 1 fully saturated rings. The summed E-state index contributed by atoms with van der Waals surface area (Å²) in [7, 11) is 2.13. The maximum atomic E-state index is 12.4. The number of ether oxygens (including phenoxy) is 1. The third-order valence-corrected chi connectivity index (χ3v) is 7.16. The van der Waals surface area contributed by atoms with E-state index in [0.29, 0.717) is 24.2 Å². The van der Waals surface area contributed by atoms with Gasteiger partial charge in [0.25, 0.3) is 0 Å². The van der Waals surface area contributed by atoms with Crippen LogP contribution in [0, 0.1) is 0 Å². The van der Waals surface area contributed by atoms with Gasteiger partial charge in [0, 0.05) is 42.5 Å². The van der Waals surface area contributed by atoms with Crippen molar-refractivity contribution in [2.24, 2.45) is 0 Å². The first-order chi connectivity index (χ1) is 19.1. The van der Waals surface area contributed by atoms with Crippen molar-refractivity contribution in [3.8, 4) is 11.1 Å². The lowest BCUT2D eigenvalue weighted by Gasteiger charge is -2.37. The van der Waals surface area contributed by atoms with Gasteiger partial charge < -0.3 is 15.0 Å². The first kappa shape index (κ1) is 29.4. The number of carbonyl (C=O) groups is 2. The Morgan fingerprint density at radius 2 is 1.52 bits per heavy atom. The van der Waals surface area contributed by atoms with Gasteiger partial charge in [0.2, 0.25) is 5.91 Å². The number of carbonyl (C=O) groups excluding carboxylic acids is 2. The molecule has 3 aromatic rings. The molecule has 1 aliphatic heterocycles. The van der Waals surface area contributed by atoms with Crippen LogP contribution in [0.5, 0.6) is 0 Å². The lowest BCUT2D eigenvalue weighted by atomic mass is 10.0. The molecule has 40 heavy (non-hydrogen) atoms. The van der Waals surface area contributed by atoms with Gasteiger partial charge in [0.1, 0.15) is 5.60 Å². The molecule has 0 atom stereocenters. The van der Waals surface area contributed by atoms with Crippen molar-refractivity contribution in [3.05, 3.63) is 95.0 Å². The predicted molar refractivity (Wildman–Crippen MR) is 163 cm³/mol. The molecule has 7 heteroatoms.